The molecule has 2 aliphatic rings. The lowest BCUT2D eigenvalue weighted by molar-refractivity contribution is 0.103. The lowest BCUT2D eigenvalue weighted by Gasteiger charge is -2.15. The monoisotopic (exact) mass is 444 g/mol. The van der Waals surface area contributed by atoms with Gasteiger partial charge in [-0.1, -0.05) is 11.6 Å². The average molecular weight is 445 g/mol. The van der Waals surface area contributed by atoms with Gasteiger partial charge in [-0.3, -0.25) is 13.7 Å². The average Bonchev–Trinajstić information content (AvgIpc) is 3.42. The topological polar surface area (TPSA) is 125 Å². The highest BCUT2D eigenvalue weighted by molar-refractivity contribution is 7.77. The van der Waals surface area contributed by atoms with Crippen LogP contribution in [0.3, 0.4) is 0 Å². The Bertz CT molecular complexity index is 976. The van der Waals surface area contributed by atoms with E-state index in [4.69, 9.17) is 9.32 Å². The van der Waals surface area contributed by atoms with Crippen molar-refractivity contribution in [2.45, 2.75) is 57.5 Å². The molecule has 0 radical (unpaired) electrons. The molecule has 2 aliphatic carbocycles. The quantitative estimate of drug-likeness (QED) is 0.450. The van der Waals surface area contributed by atoms with Gasteiger partial charge >= 0.3 is 0 Å². The molecule has 0 aliphatic heterocycles. The Hall–Kier alpha value is -2.43. The molecule has 166 valence electrons. The molecule has 10 heteroatoms. The maximum atomic E-state index is 13.1. The fourth-order valence-corrected chi connectivity index (χ4v) is 4.62. The van der Waals surface area contributed by atoms with Crippen molar-refractivity contribution in [3.05, 3.63) is 47.7 Å². The fourth-order valence-electron chi connectivity index (χ4n) is 4.29. The van der Waals surface area contributed by atoms with Gasteiger partial charge in [-0.25, -0.2) is 19.3 Å². The molecule has 31 heavy (non-hydrogen) atoms. The van der Waals surface area contributed by atoms with Gasteiger partial charge in [-0.2, -0.15) is 5.10 Å². The number of nitrogens with zero attached hydrogens (tertiary/aromatic N) is 4. The molecule has 3 atom stereocenters. The molecule has 1 unspecified atom stereocenters. The minimum absolute atomic E-state index is 0.150. The number of aromatic nitrogens is 4. The van der Waals surface area contributed by atoms with Gasteiger partial charge in [0.2, 0.25) is 17.0 Å². The maximum absolute atomic E-state index is 13.1. The second kappa shape index (κ2) is 10.3. The van der Waals surface area contributed by atoms with Crippen LogP contribution in [0, 0.1) is 5.92 Å². The maximum Gasteiger partial charge on any atom is 0.231 e. The molecular formula is C21H28N6O3S. The van der Waals surface area contributed by atoms with Gasteiger partial charge in [0, 0.05) is 18.4 Å². The van der Waals surface area contributed by atoms with Gasteiger partial charge in [-0.15, -0.1) is 0 Å². The first-order valence-electron chi connectivity index (χ1n) is 10.7. The van der Waals surface area contributed by atoms with E-state index in [9.17, 15) is 9.00 Å². The smallest absolute Gasteiger partial charge is 0.231 e. The van der Waals surface area contributed by atoms with Crippen LogP contribution < -0.4 is 10.5 Å². The van der Waals surface area contributed by atoms with Gasteiger partial charge in [0.15, 0.2) is 0 Å². The fraction of sp³-hybridized carbons (Fsp3) is 0.524. The van der Waals surface area contributed by atoms with Crippen LogP contribution in [0.5, 0.6) is 0 Å². The third kappa shape index (κ3) is 5.84. The van der Waals surface area contributed by atoms with E-state index in [-0.39, 0.29) is 17.7 Å². The molecule has 0 saturated heterocycles. The summed E-state index contributed by atoms with van der Waals surface area (Å²) in [6.07, 6.45) is 14.5. The number of nitrogens with two attached hydrogens (primary N) is 1. The Kier molecular flexibility index (Phi) is 7.21. The van der Waals surface area contributed by atoms with Crippen molar-refractivity contribution in [2.75, 3.05) is 11.9 Å². The number of allylic oxidation sites excluding steroid dienone is 2. The minimum Gasteiger partial charge on any atom is -0.367 e. The molecule has 0 spiro atoms. The van der Waals surface area contributed by atoms with Crippen molar-refractivity contribution in [3.63, 3.8) is 0 Å². The molecule has 0 aromatic carbocycles. The van der Waals surface area contributed by atoms with Crippen molar-refractivity contribution in [1.29, 1.82) is 0 Å². The summed E-state index contributed by atoms with van der Waals surface area (Å²) in [6, 6.07) is 1.90. The van der Waals surface area contributed by atoms with Gasteiger partial charge in [0.25, 0.3) is 0 Å². The number of nitrogens with one attached hydrogen (secondary N) is 1. The predicted octanol–water partition coefficient (Wildman–Crippen LogP) is 2.54. The van der Waals surface area contributed by atoms with Crippen LogP contribution in [0.1, 0.15) is 61.0 Å². The SMILES string of the molecule is NS(=O)OC[C@@H]1CC[C@H](Nc2ncncc2C(=O)c2ccn(CC3=CCCCC3)n2)C1. The van der Waals surface area contributed by atoms with Crippen LogP contribution in [-0.4, -0.2) is 42.4 Å². The number of rotatable bonds is 9. The van der Waals surface area contributed by atoms with Gasteiger partial charge in [0.05, 0.1) is 18.7 Å². The minimum atomic E-state index is -1.74. The van der Waals surface area contributed by atoms with E-state index in [1.807, 2.05) is 10.9 Å². The third-order valence-corrected chi connectivity index (χ3v) is 6.25. The van der Waals surface area contributed by atoms with Gasteiger partial charge in [0.1, 0.15) is 17.8 Å². The molecular weight excluding hydrogens is 416 g/mol. The van der Waals surface area contributed by atoms with Crippen LogP contribution in [-0.2, 0) is 22.0 Å². The molecule has 4 rings (SSSR count). The number of hydrogen-bond acceptors (Lipinski definition) is 7. The van der Waals surface area contributed by atoms with E-state index in [1.54, 1.807) is 6.07 Å². The number of carbonyl (C=O) groups is 1. The van der Waals surface area contributed by atoms with E-state index in [1.165, 1.54) is 30.9 Å². The van der Waals surface area contributed by atoms with E-state index in [0.29, 0.717) is 23.7 Å². The summed E-state index contributed by atoms with van der Waals surface area (Å²) < 4.78 is 17.8. The lowest BCUT2D eigenvalue weighted by Crippen LogP contribution is -2.21. The molecule has 0 amide bonds. The van der Waals surface area contributed by atoms with E-state index in [2.05, 4.69) is 26.5 Å². The number of ketones is 1. The van der Waals surface area contributed by atoms with Crippen molar-refractivity contribution < 1.29 is 13.2 Å². The van der Waals surface area contributed by atoms with Crippen molar-refractivity contribution in [3.8, 4) is 0 Å². The van der Waals surface area contributed by atoms with Crippen LogP contribution in [0.25, 0.3) is 0 Å². The highest BCUT2D eigenvalue weighted by Crippen LogP contribution is 2.29. The number of anilines is 1. The Balaban J connectivity index is 1.41. The van der Waals surface area contributed by atoms with Crippen LogP contribution in [0.2, 0.25) is 0 Å². The summed E-state index contributed by atoms with van der Waals surface area (Å²) in [7, 11) is 0. The molecule has 0 bridgehead atoms. The van der Waals surface area contributed by atoms with Crippen molar-refractivity contribution >= 4 is 22.9 Å². The standard InChI is InChI=1S/C21H28N6O3S/c22-31(29)30-13-16-6-7-17(10-16)25-21-18(11-23-14-24-21)20(28)19-8-9-27(26-19)12-15-4-2-1-3-5-15/h4,8-9,11,14,16-17H,1-3,5-7,10,12-13,22H2,(H,23,24,25)/t16-,17+,31?/m1/s1. The Morgan fingerprint density at radius 1 is 1.35 bits per heavy atom. The molecule has 1 fully saturated rings. The van der Waals surface area contributed by atoms with E-state index < -0.39 is 11.3 Å². The Morgan fingerprint density at radius 2 is 2.26 bits per heavy atom. The predicted molar refractivity (Wildman–Crippen MR) is 117 cm³/mol. The van der Waals surface area contributed by atoms with Gasteiger partial charge in [-0.05, 0) is 56.9 Å². The van der Waals surface area contributed by atoms with Crippen LogP contribution in [0.15, 0.2) is 36.4 Å². The molecule has 2 aromatic heterocycles. The largest absolute Gasteiger partial charge is 0.367 e. The lowest BCUT2D eigenvalue weighted by atomic mass is 10.00. The zero-order valence-corrected chi connectivity index (χ0v) is 18.2. The van der Waals surface area contributed by atoms with Gasteiger partial charge < -0.3 is 5.32 Å². The highest BCUT2D eigenvalue weighted by Gasteiger charge is 2.27. The summed E-state index contributed by atoms with van der Waals surface area (Å²) in [4.78, 5) is 21.5. The molecule has 1 saturated carbocycles. The summed E-state index contributed by atoms with van der Waals surface area (Å²) in [6.45, 7) is 1.09. The Morgan fingerprint density at radius 3 is 3.06 bits per heavy atom. The molecule has 2 aromatic rings. The first kappa shape index (κ1) is 21.8. The van der Waals surface area contributed by atoms with E-state index in [0.717, 1.165) is 38.6 Å². The number of carbonyl (C=O) groups excluding carboxylic acids is 1. The third-order valence-electron chi connectivity index (χ3n) is 5.88. The Labute approximate surface area is 184 Å². The summed E-state index contributed by atoms with van der Waals surface area (Å²) in [5, 5.41) is 13.0. The normalized spacial score (nSPS) is 22.2. The second-order valence-corrected chi connectivity index (χ2v) is 8.94. The van der Waals surface area contributed by atoms with Crippen molar-refractivity contribution in [2.24, 2.45) is 11.1 Å². The highest BCUT2D eigenvalue weighted by atomic mass is 32.2. The second-order valence-electron chi connectivity index (χ2n) is 8.19. The summed E-state index contributed by atoms with van der Waals surface area (Å²) >= 11 is -1.74. The molecule has 3 N–H and O–H groups in total. The first-order chi connectivity index (χ1) is 15.1. The molecule has 9 nitrogen and oxygen atoms in total. The molecule has 2 heterocycles. The zero-order valence-electron chi connectivity index (χ0n) is 17.4. The number of hydrogen-bond donors (Lipinski definition) is 2. The summed E-state index contributed by atoms with van der Waals surface area (Å²) in [5.74, 6) is 0.588. The first-order valence-corrected chi connectivity index (χ1v) is 11.8. The zero-order chi connectivity index (χ0) is 21.6. The van der Waals surface area contributed by atoms with Crippen LogP contribution in [0.4, 0.5) is 5.82 Å². The summed E-state index contributed by atoms with van der Waals surface area (Å²) in [5.41, 5.74) is 2.17. The van der Waals surface area contributed by atoms with E-state index >= 15 is 0 Å². The van der Waals surface area contributed by atoms with Crippen molar-refractivity contribution in [1.82, 2.24) is 19.7 Å². The van der Waals surface area contributed by atoms with Crippen LogP contribution >= 0.6 is 0 Å².